The van der Waals surface area contributed by atoms with E-state index in [4.69, 9.17) is 23.2 Å². The average Bonchev–Trinajstić information content (AvgIpc) is 2.56. The lowest BCUT2D eigenvalue weighted by molar-refractivity contribution is 0.259. The number of para-hydroxylation sites is 1. The van der Waals surface area contributed by atoms with Crippen LogP contribution in [-0.4, -0.2) is 6.03 Å². The predicted octanol–water partition coefficient (Wildman–Crippen LogP) is 6.36. The van der Waals surface area contributed by atoms with Crippen LogP contribution in [0.3, 0.4) is 0 Å². The second-order valence-corrected chi connectivity index (χ2v) is 5.96. The van der Waals surface area contributed by atoms with Gasteiger partial charge >= 0.3 is 6.03 Å². The number of rotatable bonds is 3. The summed E-state index contributed by atoms with van der Waals surface area (Å²) in [5.74, 6) is 0. The average molecular weight is 357 g/mol. The molecule has 0 spiro atoms. The summed E-state index contributed by atoms with van der Waals surface area (Å²) < 4.78 is 0. The molecule has 3 rings (SSSR count). The molecule has 3 nitrogen and oxygen atoms in total. The van der Waals surface area contributed by atoms with E-state index in [-0.39, 0.29) is 6.03 Å². The van der Waals surface area contributed by atoms with Crippen molar-refractivity contribution in [2.24, 2.45) is 0 Å². The van der Waals surface area contributed by atoms with Gasteiger partial charge in [-0.1, -0.05) is 53.5 Å². The summed E-state index contributed by atoms with van der Waals surface area (Å²) in [4.78, 5) is 14.4. The SMILES string of the molecule is O=C(Nc1cccc(Cl)c1)N(c1ccccc1)c1cccc(Cl)c1. The third kappa shape index (κ3) is 3.88. The zero-order valence-corrected chi connectivity index (χ0v) is 14.1. The van der Waals surface area contributed by atoms with Gasteiger partial charge in [0.2, 0.25) is 0 Å². The molecule has 0 aromatic heterocycles. The van der Waals surface area contributed by atoms with Gasteiger partial charge in [-0.05, 0) is 48.5 Å². The van der Waals surface area contributed by atoms with Crippen molar-refractivity contribution in [3.8, 4) is 0 Å². The minimum Gasteiger partial charge on any atom is -0.307 e. The smallest absolute Gasteiger partial charge is 0.307 e. The number of amides is 2. The van der Waals surface area contributed by atoms with E-state index in [9.17, 15) is 4.79 Å². The minimum absolute atomic E-state index is 0.300. The zero-order valence-electron chi connectivity index (χ0n) is 12.6. The first-order valence-corrected chi connectivity index (χ1v) is 8.06. The van der Waals surface area contributed by atoms with Crippen LogP contribution in [0.15, 0.2) is 78.9 Å². The summed E-state index contributed by atoms with van der Waals surface area (Å²) in [5.41, 5.74) is 2.03. The molecule has 0 unspecified atom stereocenters. The van der Waals surface area contributed by atoms with Crippen molar-refractivity contribution in [3.05, 3.63) is 88.9 Å². The van der Waals surface area contributed by atoms with Crippen LogP contribution in [0, 0.1) is 0 Å². The number of hydrogen-bond donors (Lipinski definition) is 1. The van der Waals surface area contributed by atoms with Gasteiger partial charge in [-0.25, -0.2) is 4.79 Å². The van der Waals surface area contributed by atoms with Gasteiger partial charge in [-0.2, -0.15) is 0 Å². The van der Waals surface area contributed by atoms with Crippen molar-refractivity contribution in [1.29, 1.82) is 0 Å². The van der Waals surface area contributed by atoms with Gasteiger partial charge in [-0.15, -0.1) is 0 Å². The van der Waals surface area contributed by atoms with Crippen molar-refractivity contribution >= 4 is 46.3 Å². The Balaban J connectivity index is 1.97. The number of nitrogens with zero attached hydrogens (tertiary/aromatic N) is 1. The fourth-order valence-corrected chi connectivity index (χ4v) is 2.70. The van der Waals surface area contributed by atoms with Gasteiger partial charge in [0.25, 0.3) is 0 Å². The van der Waals surface area contributed by atoms with Crippen LogP contribution < -0.4 is 10.2 Å². The van der Waals surface area contributed by atoms with Crippen LogP contribution in [0.1, 0.15) is 0 Å². The Kier molecular flexibility index (Phi) is 5.04. The summed E-state index contributed by atoms with van der Waals surface area (Å²) >= 11 is 12.1. The first kappa shape index (κ1) is 16.4. The van der Waals surface area contributed by atoms with Crippen LogP contribution in [0.2, 0.25) is 10.0 Å². The maximum atomic E-state index is 12.9. The van der Waals surface area contributed by atoms with Crippen molar-refractivity contribution in [2.45, 2.75) is 0 Å². The molecule has 120 valence electrons. The molecule has 3 aromatic rings. The van der Waals surface area contributed by atoms with E-state index in [1.54, 1.807) is 47.4 Å². The van der Waals surface area contributed by atoms with E-state index < -0.39 is 0 Å². The highest BCUT2D eigenvalue weighted by atomic mass is 35.5. The summed E-state index contributed by atoms with van der Waals surface area (Å²) in [6.07, 6.45) is 0. The lowest BCUT2D eigenvalue weighted by Gasteiger charge is -2.23. The fraction of sp³-hybridized carbons (Fsp3) is 0. The third-order valence-corrected chi connectivity index (χ3v) is 3.83. The number of benzene rings is 3. The van der Waals surface area contributed by atoms with Crippen molar-refractivity contribution in [1.82, 2.24) is 0 Å². The number of urea groups is 1. The predicted molar refractivity (Wildman–Crippen MR) is 101 cm³/mol. The number of halogens is 2. The number of hydrogen-bond acceptors (Lipinski definition) is 1. The Bertz CT molecular complexity index is 853. The van der Waals surface area contributed by atoms with Crippen LogP contribution in [0.4, 0.5) is 21.9 Å². The van der Waals surface area contributed by atoms with Gasteiger partial charge in [0.1, 0.15) is 0 Å². The second-order valence-electron chi connectivity index (χ2n) is 5.09. The third-order valence-electron chi connectivity index (χ3n) is 3.36. The summed E-state index contributed by atoms with van der Waals surface area (Å²) in [6.45, 7) is 0. The molecule has 0 aliphatic carbocycles. The lowest BCUT2D eigenvalue weighted by Crippen LogP contribution is -2.30. The number of carbonyl (C=O) groups is 1. The van der Waals surface area contributed by atoms with Gasteiger partial charge in [0, 0.05) is 15.7 Å². The topological polar surface area (TPSA) is 32.3 Å². The molecule has 0 atom stereocenters. The molecule has 0 saturated carbocycles. The Hall–Kier alpha value is -2.49. The largest absolute Gasteiger partial charge is 0.330 e. The molecule has 0 aliphatic heterocycles. The van der Waals surface area contributed by atoms with E-state index in [1.807, 2.05) is 36.4 Å². The van der Waals surface area contributed by atoms with Crippen molar-refractivity contribution in [2.75, 3.05) is 10.2 Å². The monoisotopic (exact) mass is 356 g/mol. The molecule has 24 heavy (non-hydrogen) atoms. The quantitative estimate of drug-likeness (QED) is 0.581. The highest BCUT2D eigenvalue weighted by Gasteiger charge is 2.18. The Morgan fingerprint density at radius 1 is 0.750 bits per heavy atom. The number of carbonyl (C=O) groups excluding carboxylic acids is 1. The molecule has 0 radical (unpaired) electrons. The first-order chi connectivity index (χ1) is 11.6. The van der Waals surface area contributed by atoms with Crippen LogP contribution in [0.5, 0.6) is 0 Å². The van der Waals surface area contributed by atoms with Crippen LogP contribution in [0.25, 0.3) is 0 Å². The van der Waals surface area contributed by atoms with Crippen molar-refractivity contribution < 1.29 is 4.79 Å². The Morgan fingerprint density at radius 3 is 2.04 bits per heavy atom. The van der Waals surface area contributed by atoms with Gasteiger partial charge in [-0.3, -0.25) is 4.90 Å². The van der Waals surface area contributed by atoms with Crippen molar-refractivity contribution in [3.63, 3.8) is 0 Å². The molecule has 1 N–H and O–H groups in total. The molecule has 0 bridgehead atoms. The Morgan fingerprint density at radius 2 is 1.38 bits per heavy atom. The van der Waals surface area contributed by atoms with E-state index in [0.29, 0.717) is 21.4 Å². The zero-order chi connectivity index (χ0) is 16.9. The van der Waals surface area contributed by atoms with Gasteiger partial charge in [0.15, 0.2) is 0 Å². The highest BCUT2D eigenvalue weighted by molar-refractivity contribution is 6.31. The molecular formula is C19H14Cl2N2O. The van der Waals surface area contributed by atoms with E-state index >= 15 is 0 Å². The minimum atomic E-state index is -0.300. The molecule has 0 fully saturated rings. The number of anilines is 3. The first-order valence-electron chi connectivity index (χ1n) is 7.31. The molecule has 3 aromatic carbocycles. The maximum absolute atomic E-state index is 12.9. The fourth-order valence-electron chi connectivity index (χ4n) is 2.32. The molecule has 5 heteroatoms. The van der Waals surface area contributed by atoms with E-state index in [0.717, 1.165) is 5.69 Å². The standard InChI is InChI=1S/C19H14Cl2N2O/c20-14-6-4-8-16(12-14)22-19(24)23(17-9-2-1-3-10-17)18-11-5-7-15(21)13-18/h1-13H,(H,22,24). The van der Waals surface area contributed by atoms with E-state index in [1.165, 1.54) is 0 Å². The summed E-state index contributed by atoms with van der Waals surface area (Å²) in [5, 5.41) is 3.98. The van der Waals surface area contributed by atoms with Gasteiger partial charge in [0.05, 0.1) is 11.4 Å². The van der Waals surface area contributed by atoms with Gasteiger partial charge < -0.3 is 5.32 Å². The molecule has 0 saturated heterocycles. The van der Waals surface area contributed by atoms with Crippen LogP contribution >= 0.6 is 23.2 Å². The summed E-state index contributed by atoms with van der Waals surface area (Å²) in [6, 6.07) is 23.2. The summed E-state index contributed by atoms with van der Waals surface area (Å²) in [7, 11) is 0. The highest BCUT2D eigenvalue weighted by Crippen LogP contribution is 2.28. The Labute approximate surface area is 150 Å². The van der Waals surface area contributed by atoms with E-state index in [2.05, 4.69) is 5.32 Å². The second kappa shape index (κ2) is 7.39. The maximum Gasteiger partial charge on any atom is 0.330 e. The molecule has 0 heterocycles. The van der Waals surface area contributed by atoms with Crippen LogP contribution in [-0.2, 0) is 0 Å². The normalized spacial score (nSPS) is 10.2. The molecular weight excluding hydrogens is 343 g/mol. The molecule has 0 aliphatic rings. The lowest BCUT2D eigenvalue weighted by atomic mass is 10.2. The number of nitrogens with one attached hydrogen (secondary N) is 1. The molecule has 2 amide bonds.